The van der Waals surface area contributed by atoms with Crippen LogP contribution in [0.2, 0.25) is 0 Å². The Balaban J connectivity index is 1.86. The summed E-state index contributed by atoms with van der Waals surface area (Å²) in [4.78, 5) is 38.5. The highest BCUT2D eigenvalue weighted by Crippen LogP contribution is 2.21. The van der Waals surface area contributed by atoms with E-state index in [-0.39, 0.29) is 11.5 Å². The van der Waals surface area contributed by atoms with Crippen molar-refractivity contribution in [3.8, 4) is 5.75 Å². The number of carbonyl (C=O) groups excluding carboxylic acids is 2. The normalized spacial score (nSPS) is 10.6. The predicted octanol–water partition coefficient (Wildman–Crippen LogP) is 3.54. The van der Waals surface area contributed by atoms with Crippen LogP contribution in [0.15, 0.2) is 57.7 Å². The number of amides is 2. The SMILES string of the molecule is CCCOc1ccc2cc(C(=O)Nc3cccc(C(=O)N(C)C)c3)c(=O)oc2c1. The zero-order valence-electron chi connectivity index (χ0n) is 16.5. The monoisotopic (exact) mass is 394 g/mol. The highest BCUT2D eigenvalue weighted by molar-refractivity contribution is 6.06. The lowest BCUT2D eigenvalue weighted by Crippen LogP contribution is -2.23. The van der Waals surface area contributed by atoms with Gasteiger partial charge < -0.3 is 19.4 Å². The van der Waals surface area contributed by atoms with E-state index in [0.29, 0.717) is 34.6 Å². The van der Waals surface area contributed by atoms with Gasteiger partial charge >= 0.3 is 5.63 Å². The van der Waals surface area contributed by atoms with Crippen LogP contribution in [0.4, 0.5) is 5.69 Å². The van der Waals surface area contributed by atoms with Gasteiger partial charge in [0.05, 0.1) is 6.61 Å². The molecule has 1 N–H and O–H groups in total. The van der Waals surface area contributed by atoms with Gasteiger partial charge in [0, 0.05) is 36.8 Å². The molecule has 0 bridgehead atoms. The van der Waals surface area contributed by atoms with Gasteiger partial charge in [-0.1, -0.05) is 13.0 Å². The van der Waals surface area contributed by atoms with Crippen molar-refractivity contribution in [2.45, 2.75) is 13.3 Å². The average Bonchev–Trinajstić information content (AvgIpc) is 2.71. The molecule has 7 heteroatoms. The minimum Gasteiger partial charge on any atom is -0.493 e. The lowest BCUT2D eigenvalue weighted by molar-refractivity contribution is 0.0827. The molecule has 2 amide bonds. The van der Waals surface area contributed by atoms with Crippen molar-refractivity contribution in [2.75, 3.05) is 26.0 Å². The maximum absolute atomic E-state index is 12.6. The van der Waals surface area contributed by atoms with Gasteiger partial charge in [-0.15, -0.1) is 0 Å². The van der Waals surface area contributed by atoms with Crippen molar-refractivity contribution in [1.82, 2.24) is 4.90 Å². The number of nitrogens with zero attached hydrogens (tertiary/aromatic N) is 1. The summed E-state index contributed by atoms with van der Waals surface area (Å²) in [5.74, 6) is -0.198. The molecule has 0 fully saturated rings. The smallest absolute Gasteiger partial charge is 0.349 e. The predicted molar refractivity (Wildman–Crippen MR) is 111 cm³/mol. The number of carbonyl (C=O) groups is 2. The van der Waals surface area contributed by atoms with Gasteiger partial charge in [-0.2, -0.15) is 0 Å². The Morgan fingerprint density at radius 1 is 1.10 bits per heavy atom. The van der Waals surface area contributed by atoms with E-state index in [1.807, 2.05) is 6.92 Å². The molecule has 0 aliphatic rings. The van der Waals surface area contributed by atoms with E-state index in [1.165, 1.54) is 11.0 Å². The van der Waals surface area contributed by atoms with Gasteiger partial charge in [0.2, 0.25) is 0 Å². The summed E-state index contributed by atoms with van der Waals surface area (Å²) < 4.78 is 10.8. The lowest BCUT2D eigenvalue weighted by Gasteiger charge is -2.11. The highest BCUT2D eigenvalue weighted by Gasteiger charge is 2.16. The van der Waals surface area contributed by atoms with Gasteiger partial charge in [0.15, 0.2) is 0 Å². The van der Waals surface area contributed by atoms with Crippen LogP contribution in [0.3, 0.4) is 0 Å². The molecule has 0 aliphatic heterocycles. The second kappa shape index (κ2) is 8.60. The van der Waals surface area contributed by atoms with Gasteiger partial charge in [0.25, 0.3) is 11.8 Å². The summed E-state index contributed by atoms with van der Waals surface area (Å²) in [6, 6.07) is 13.1. The van der Waals surface area contributed by atoms with Crippen LogP contribution in [-0.2, 0) is 0 Å². The first-order valence-corrected chi connectivity index (χ1v) is 9.23. The van der Waals surface area contributed by atoms with Crippen LogP contribution in [0, 0.1) is 0 Å². The maximum Gasteiger partial charge on any atom is 0.349 e. The fourth-order valence-corrected chi connectivity index (χ4v) is 2.75. The Morgan fingerprint density at radius 2 is 1.90 bits per heavy atom. The molecule has 0 saturated heterocycles. The van der Waals surface area contributed by atoms with Gasteiger partial charge in [0.1, 0.15) is 16.9 Å². The molecule has 0 radical (unpaired) electrons. The van der Waals surface area contributed by atoms with E-state index in [2.05, 4.69) is 5.32 Å². The number of hydrogen-bond acceptors (Lipinski definition) is 5. The van der Waals surface area contributed by atoms with Gasteiger partial charge in [-0.05, 0) is 42.8 Å². The fourth-order valence-electron chi connectivity index (χ4n) is 2.75. The van der Waals surface area contributed by atoms with E-state index in [0.717, 1.165) is 6.42 Å². The zero-order chi connectivity index (χ0) is 21.0. The molecule has 0 saturated carbocycles. The number of benzene rings is 2. The van der Waals surface area contributed by atoms with E-state index in [9.17, 15) is 14.4 Å². The van der Waals surface area contributed by atoms with Crippen molar-refractivity contribution in [3.05, 3.63) is 70.1 Å². The number of nitrogens with one attached hydrogen (secondary N) is 1. The molecule has 1 heterocycles. The Labute approximate surface area is 167 Å². The summed E-state index contributed by atoms with van der Waals surface area (Å²) >= 11 is 0. The highest BCUT2D eigenvalue weighted by atomic mass is 16.5. The Morgan fingerprint density at radius 3 is 2.62 bits per heavy atom. The van der Waals surface area contributed by atoms with Crippen LogP contribution in [0.5, 0.6) is 5.75 Å². The maximum atomic E-state index is 12.6. The van der Waals surface area contributed by atoms with E-state index in [1.54, 1.807) is 56.6 Å². The molecular weight excluding hydrogens is 372 g/mol. The van der Waals surface area contributed by atoms with Crippen molar-refractivity contribution < 1.29 is 18.7 Å². The first-order chi connectivity index (χ1) is 13.9. The van der Waals surface area contributed by atoms with Crippen molar-refractivity contribution in [3.63, 3.8) is 0 Å². The summed E-state index contributed by atoms with van der Waals surface area (Å²) in [7, 11) is 3.29. The standard InChI is InChI=1S/C22H22N2O5/c1-4-10-28-17-9-8-14-12-18(22(27)29-19(14)13-17)20(25)23-16-7-5-6-15(11-16)21(26)24(2)3/h5-9,11-13H,4,10H2,1-3H3,(H,23,25). The largest absolute Gasteiger partial charge is 0.493 e. The third-order valence-electron chi connectivity index (χ3n) is 4.20. The minimum atomic E-state index is -0.747. The molecule has 1 aromatic heterocycles. The molecule has 29 heavy (non-hydrogen) atoms. The van der Waals surface area contributed by atoms with Gasteiger partial charge in [-0.3, -0.25) is 9.59 Å². The number of ether oxygens (including phenoxy) is 1. The van der Waals surface area contributed by atoms with E-state index in [4.69, 9.17) is 9.15 Å². The van der Waals surface area contributed by atoms with Crippen LogP contribution in [-0.4, -0.2) is 37.4 Å². The molecule has 3 rings (SSSR count). The van der Waals surface area contributed by atoms with Crippen LogP contribution >= 0.6 is 0 Å². The summed E-state index contributed by atoms with van der Waals surface area (Å²) in [5, 5.41) is 3.25. The number of hydrogen-bond donors (Lipinski definition) is 1. The lowest BCUT2D eigenvalue weighted by atomic mass is 10.1. The number of fused-ring (bicyclic) bond motifs is 1. The average molecular weight is 394 g/mol. The minimum absolute atomic E-state index is 0.121. The number of rotatable bonds is 6. The van der Waals surface area contributed by atoms with E-state index < -0.39 is 11.5 Å². The third kappa shape index (κ3) is 4.63. The van der Waals surface area contributed by atoms with Crippen molar-refractivity contribution >= 4 is 28.5 Å². The topological polar surface area (TPSA) is 88.9 Å². The second-order valence-electron chi connectivity index (χ2n) is 6.73. The molecule has 3 aromatic rings. The molecule has 7 nitrogen and oxygen atoms in total. The second-order valence-corrected chi connectivity index (χ2v) is 6.73. The summed E-state index contributed by atoms with van der Waals surface area (Å²) in [6.07, 6.45) is 0.864. The van der Waals surface area contributed by atoms with Crippen LogP contribution in [0.25, 0.3) is 11.0 Å². The molecular formula is C22H22N2O5. The molecule has 0 unspecified atom stereocenters. The van der Waals surface area contributed by atoms with Crippen LogP contribution < -0.4 is 15.7 Å². The first kappa shape index (κ1) is 20.1. The Kier molecular flexibility index (Phi) is 5.97. The third-order valence-corrected chi connectivity index (χ3v) is 4.20. The summed E-state index contributed by atoms with van der Waals surface area (Å²) in [6.45, 7) is 2.56. The first-order valence-electron chi connectivity index (χ1n) is 9.23. The quantitative estimate of drug-likeness (QED) is 0.646. The molecule has 2 aromatic carbocycles. The van der Waals surface area contributed by atoms with Crippen molar-refractivity contribution in [1.29, 1.82) is 0 Å². The molecule has 0 atom stereocenters. The van der Waals surface area contributed by atoms with Crippen molar-refractivity contribution in [2.24, 2.45) is 0 Å². The van der Waals surface area contributed by atoms with Gasteiger partial charge in [-0.25, -0.2) is 4.79 Å². The van der Waals surface area contributed by atoms with Crippen LogP contribution in [0.1, 0.15) is 34.1 Å². The zero-order valence-corrected chi connectivity index (χ0v) is 16.5. The Bertz CT molecular complexity index is 1120. The molecule has 150 valence electrons. The summed E-state index contributed by atoms with van der Waals surface area (Å²) in [5.41, 5.74) is 0.314. The van der Waals surface area contributed by atoms with E-state index >= 15 is 0 Å². The Hall–Kier alpha value is -3.61. The molecule has 0 spiro atoms. The fraction of sp³-hybridized carbons (Fsp3) is 0.227. The molecule has 0 aliphatic carbocycles. The number of anilines is 1.